The molecule has 7 atom stereocenters. The molecule has 0 radical (unpaired) electrons. The van der Waals surface area contributed by atoms with E-state index in [1.54, 1.807) is 0 Å². The third kappa shape index (κ3) is 4.83. The molecule has 3 saturated carbocycles. The van der Waals surface area contributed by atoms with E-state index >= 15 is 0 Å². The zero-order chi connectivity index (χ0) is 27.2. The number of amides is 2. The zero-order valence-electron chi connectivity index (χ0n) is 23.6. The lowest BCUT2D eigenvalue weighted by atomic mass is 9.47. The maximum atomic E-state index is 12.3. The van der Waals surface area contributed by atoms with Gasteiger partial charge in [-0.3, -0.25) is 19.2 Å². The Hall–Kier alpha value is -2.18. The maximum absolute atomic E-state index is 12.3. The van der Waals surface area contributed by atoms with E-state index in [0.717, 1.165) is 43.9 Å². The van der Waals surface area contributed by atoms with Crippen LogP contribution < -0.4 is 0 Å². The highest BCUT2D eigenvalue weighted by atomic mass is 16.8. The van der Waals surface area contributed by atoms with Crippen molar-refractivity contribution < 1.29 is 28.8 Å². The van der Waals surface area contributed by atoms with Crippen molar-refractivity contribution in [3.05, 3.63) is 11.6 Å². The third-order valence-corrected chi connectivity index (χ3v) is 11.3. The number of carbonyl (C=O) groups excluding carboxylic acids is 4. The summed E-state index contributed by atoms with van der Waals surface area (Å²) in [6.45, 7) is 8.99. The van der Waals surface area contributed by atoms with Crippen LogP contribution in [0.15, 0.2) is 11.6 Å². The molecule has 4 aliphatic carbocycles. The van der Waals surface area contributed by atoms with Gasteiger partial charge < -0.3 is 4.74 Å². The molecule has 7 unspecified atom stereocenters. The van der Waals surface area contributed by atoms with Crippen molar-refractivity contribution in [2.75, 3.05) is 0 Å². The SMILES string of the molecule is CC(C)C(=O)CCCC1CCC2C3CC=C4CC(OC(=O)ON5C(=O)CCC5=O)CCC4(C)C3CCC12C. The molecule has 0 spiro atoms. The molecule has 1 heterocycles. The van der Waals surface area contributed by atoms with Crippen LogP contribution in [0.3, 0.4) is 0 Å². The molecule has 0 aromatic rings. The largest absolute Gasteiger partial charge is 0.534 e. The van der Waals surface area contributed by atoms with Crippen molar-refractivity contribution in [2.24, 2.45) is 40.4 Å². The molecule has 7 nitrogen and oxygen atoms in total. The molecule has 38 heavy (non-hydrogen) atoms. The monoisotopic (exact) mass is 527 g/mol. The molecule has 7 heteroatoms. The van der Waals surface area contributed by atoms with Gasteiger partial charge in [0.05, 0.1) is 0 Å². The molecule has 0 bridgehead atoms. The highest BCUT2D eigenvalue weighted by Crippen LogP contribution is 2.66. The van der Waals surface area contributed by atoms with Crippen molar-refractivity contribution in [2.45, 2.75) is 117 Å². The number of ketones is 1. The van der Waals surface area contributed by atoms with Crippen LogP contribution in [0.4, 0.5) is 4.79 Å². The summed E-state index contributed by atoms with van der Waals surface area (Å²) >= 11 is 0. The summed E-state index contributed by atoms with van der Waals surface area (Å²) in [5.41, 5.74) is 1.93. The lowest BCUT2D eigenvalue weighted by molar-refractivity contribution is -0.179. The Kier molecular flexibility index (Phi) is 7.51. The second-order valence-electron chi connectivity index (χ2n) is 13.5. The van der Waals surface area contributed by atoms with Gasteiger partial charge >= 0.3 is 6.16 Å². The van der Waals surface area contributed by atoms with E-state index < -0.39 is 18.0 Å². The molecule has 4 fully saturated rings. The molecule has 0 aromatic heterocycles. The second-order valence-corrected chi connectivity index (χ2v) is 13.5. The van der Waals surface area contributed by atoms with Gasteiger partial charge in [0.1, 0.15) is 11.9 Å². The van der Waals surface area contributed by atoms with Gasteiger partial charge in [0.2, 0.25) is 0 Å². The molecule has 210 valence electrons. The predicted molar refractivity (Wildman–Crippen MR) is 141 cm³/mol. The third-order valence-electron chi connectivity index (χ3n) is 11.3. The number of imide groups is 1. The van der Waals surface area contributed by atoms with Crippen LogP contribution in [0.2, 0.25) is 0 Å². The number of rotatable bonds is 7. The van der Waals surface area contributed by atoms with Gasteiger partial charge in [0.15, 0.2) is 0 Å². The summed E-state index contributed by atoms with van der Waals surface area (Å²) in [5, 5.41) is 0.551. The van der Waals surface area contributed by atoms with Crippen LogP contribution >= 0.6 is 0 Å². The van der Waals surface area contributed by atoms with E-state index in [2.05, 4.69) is 19.9 Å². The van der Waals surface area contributed by atoms with Gasteiger partial charge in [-0.25, -0.2) is 4.79 Å². The number of Topliss-reactive ketones (excluding diaryl/α,β-unsaturated/α-hetero) is 1. The van der Waals surface area contributed by atoms with E-state index in [9.17, 15) is 19.2 Å². The van der Waals surface area contributed by atoms with Crippen LogP contribution in [0.1, 0.15) is 111 Å². The topological polar surface area (TPSA) is 90.0 Å². The fourth-order valence-electron chi connectivity index (χ4n) is 9.01. The number of fused-ring (bicyclic) bond motifs is 5. The van der Waals surface area contributed by atoms with E-state index in [1.807, 2.05) is 13.8 Å². The minimum absolute atomic E-state index is 0.0714. The van der Waals surface area contributed by atoms with E-state index in [1.165, 1.54) is 37.7 Å². The second kappa shape index (κ2) is 10.4. The number of hydroxylamine groups is 2. The molecular weight excluding hydrogens is 482 g/mol. The number of hydrogen-bond donors (Lipinski definition) is 0. The molecule has 0 N–H and O–H groups in total. The Morgan fingerprint density at radius 2 is 1.76 bits per heavy atom. The minimum Gasteiger partial charge on any atom is -0.429 e. The van der Waals surface area contributed by atoms with Crippen LogP contribution in [-0.4, -0.2) is 34.9 Å². The van der Waals surface area contributed by atoms with Crippen LogP contribution in [0.25, 0.3) is 0 Å². The summed E-state index contributed by atoms with van der Waals surface area (Å²) in [6.07, 6.45) is 13.0. The van der Waals surface area contributed by atoms with Gasteiger partial charge in [-0.2, -0.15) is 0 Å². The summed E-state index contributed by atoms with van der Waals surface area (Å²) in [6, 6.07) is 0. The Labute approximate surface area is 227 Å². The normalized spacial score (nSPS) is 38.4. The van der Waals surface area contributed by atoms with Gasteiger partial charge in [-0.15, -0.1) is 0 Å². The van der Waals surface area contributed by atoms with E-state index in [-0.39, 0.29) is 30.3 Å². The molecule has 2 amide bonds. The first-order valence-electron chi connectivity index (χ1n) is 15.0. The van der Waals surface area contributed by atoms with Crippen LogP contribution in [0, 0.1) is 40.4 Å². The van der Waals surface area contributed by atoms with Gasteiger partial charge in [0.25, 0.3) is 11.8 Å². The highest BCUT2D eigenvalue weighted by molar-refractivity contribution is 6.01. The molecule has 1 aliphatic heterocycles. The van der Waals surface area contributed by atoms with E-state index in [4.69, 9.17) is 9.57 Å². The lowest BCUT2D eigenvalue weighted by Gasteiger charge is -2.58. The summed E-state index contributed by atoms with van der Waals surface area (Å²) < 4.78 is 5.58. The number of hydrogen-bond acceptors (Lipinski definition) is 6. The summed E-state index contributed by atoms with van der Waals surface area (Å²) in [4.78, 5) is 52.9. The smallest absolute Gasteiger partial charge is 0.429 e. The first-order valence-corrected chi connectivity index (χ1v) is 15.0. The molecule has 0 aromatic carbocycles. The van der Waals surface area contributed by atoms with E-state index in [0.29, 0.717) is 34.5 Å². The summed E-state index contributed by atoms with van der Waals surface area (Å²) in [5.74, 6) is 2.41. The average Bonchev–Trinajstić information content (AvgIpc) is 3.37. The standard InChI is InChI=1S/C31H45NO6/c1-19(2)26(33)7-5-6-20-9-11-24-23-10-8-21-18-22(37-29(36)38-32-27(34)12-13-28(32)35)14-16-31(21,4)25(23)15-17-30(20,24)3/h8,19-20,22-25H,5-7,9-18H2,1-4H3. The number of nitrogens with zero attached hydrogens (tertiary/aromatic N) is 1. The van der Waals surface area contributed by atoms with Gasteiger partial charge in [-0.05, 0) is 92.3 Å². The first kappa shape index (κ1) is 27.4. The average molecular weight is 528 g/mol. The fraction of sp³-hybridized carbons (Fsp3) is 0.806. The van der Waals surface area contributed by atoms with Gasteiger partial charge in [-0.1, -0.05) is 44.4 Å². The van der Waals surface area contributed by atoms with Crippen LogP contribution in [0.5, 0.6) is 0 Å². The Bertz CT molecular complexity index is 1000. The fourth-order valence-corrected chi connectivity index (χ4v) is 9.01. The Morgan fingerprint density at radius 3 is 2.47 bits per heavy atom. The number of carbonyl (C=O) groups is 4. The minimum atomic E-state index is -0.961. The number of allylic oxidation sites excluding steroid dienone is 1. The maximum Gasteiger partial charge on any atom is 0.534 e. The van der Waals surface area contributed by atoms with Crippen molar-refractivity contribution in [3.63, 3.8) is 0 Å². The van der Waals surface area contributed by atoms with Crippen molar-refractivity contribution >= 4 is 23.8 Å². The summed E-state index contributed by atoms with van der Waals surface area (Å²) in [7, 11) is 0. The molecule has 1 saturated heterocycles. The quantitative estimate of drug-likeness (QED) is 0.212. The van der Waals surface area contributed by atoms with Crippen molar-refractivity contribution in [1.29, 1.82) is 0 Å². The Morgan fingerprint density at radius 1 is 1.03 bits per heavy atom. The van der Waals surface area contributed by atoms with Crippen LogP contribution in [-0.2, 0) is 24.0 Å². The highest BCUT2D eigenvalue weighted by Gasteiger charge is 2.58. The van der Waals surface area contributed by atoms with Gasteiger partial charge in [0, 0.05) is 31.6 Å². The lowest BCUT2D eigenvalue weighted by Crippen LogP contribution is -2.50. The zero-order valence-corrected chi connectivity index (χ0v) is 23.6. The molecular formula is C31H45NO6. The molecule has 5 aliphatic rings. The van der Waals surface area contributed by atoms with Crippen molar-refractivity contribution in [1.82, 2.24) is 5.06 Å². The first-order chi connectivity index (χ1) is 18.0. The van der Waals surface area contributed by atoms with Crippen molar-refractivity contribution in [3.8, 4) is 0 Å². The molecule has 5 rings (SSSR count). The predicted octanol–water partition coefficient (Wildman–Crippen LogP) is 6.55. The number of ether oxygens (including phenoxy) is 1. The Balaban J connectivity index is 1.20.